The summed E-state index contributed by atoms with van der Waals surface area (Å²) in [5.74, 6) is -0.611. The molecule has 0 unspecified atom stereocenters. The van der Waals surface area contributed by atoms with Crippen LogP contribution in [0.4, 0.5) is 4.39 Å². The third kappa shape index (κ3) is 3.56. The van der Waals surface area contributed by atoms with Gasteiger partial charge in [0, 0.05) is 19.3 Å². The second-order valence-electron chi connectivity index (χ2n) is 8.63. The first kappa shape index (κ1) is 20.7. The monoisotopic (exact) mass is 441 g/mol. The summed E-state index contributed by atoms with van der Waals surface area (Å²) < 4.78 is 20.6. The Balaban J connectivity index is 1.17. The minimum Gasteiger partial charge on any atom is -0.456 e. The first-order valence-electron chi connectivity index (χ1n) is 10.8. The molecule has 2 aromatic heterocycles. The lowest BCUT2D eigenvalue weighted by molar-refractivity contribution is -0.138. The summed E-state index contributed by atoms with van der Waals surface area (Å²) in [7, 11) is 0. The van der Waals surface area contributed by atoms with E-state index in [-0.39, 0.29) is 29.7 Å². The van der Waals surface area contributed by atoms with Crippen LogP contribution in [0.2, 0.25) is 0 Å². The Morgan fingerprint density at radius 1 is 1.19 bits per heavy atom. The molecule has 0 N–H and O–H groups in total. The van der Waals surface area contributed by atoms with Crippen molar-refractivity contribution in [3.05, 3.63) is 41.2 Å². The molecule has 1 amide bonds. The number of halogens is 1. The molecule has 0 saturated carbocycles. The molecule has 5 rings (SSSR count). The van der Waals surface area contributed by atoms with E-state index in [1.54, 1.807) is 18.0 Å². The summed E-state index contributed by atoms with van der Waals surface area (Å²) in [6.07, 6.45) is 5.99. The van der Waals surface area contributed by atoms with Gasteiger partial charge in [0.25, 0.3) is 0 Å². The van der Waals surface area contributed by atoms with E-state index in [1.165, 1.54) is 17.1 Å². The van der Waals surface area contributed by atoms with Crippen LogP contribution in [0.1, 0.15) is 31.7 Å². The zero-order chi connectivity index (χ0) is 22.3. The highest BCUT2D eigenvalue weighted by molar-refractivity contribution is 5.94. The van der Waals surface area contributed by atoms with Crippen LogP contribution in [0.3, 0.4) is 0 Å². The van der Waals surface area contributed by atoms with E-state index in [1.807, 2.05) is 0 Å². The number of pyridine rings is 1. The molecule has 2 fully saturated rings. The topological polar surface area (TPSA) is 106 Å². The van der Waals surface area contributed by atoms with Gasteiger partial charge in [-0.3, -0.25) is 4.79 Å². The lowest BCUT2D eigenvalue weighted by Gasteiger charge is -2.38. The number of carbonyl (C=O) groups excluding carboxylic acids is 2. The van der Waals surface area contributed by atoms with Gasteiger partial charge >= 0.3 is 5.97 Å². The van der Waals surface area contributed by atoms with E-state index in [0.717, 1.165) is 50.2 Å². The fourth-order valence-corrected chi connectivity index (χ4v) is 4.82. The summed E-state index contributed by atoms with van der Waals surface area (Å²) in [5.41, 5.74) is 1.71. The van der Waals surface area contributed by atoms with Crippen molar-refractivity contribution in [1.82, 2.24) is 35.0 Å². The summed E-state index contributed by atoms with van der Waals surface area (Å²) in [5, 5.41) is 10.7. The van der Waals surface area contributed by atoms with Gasteiger partial charge in [-0.1, -0.05) is 0 Å². The highest BCUT2D eigenvalue weighted by Crippen LogP contribution is 2.43. The van der Waals surface area contributed by atoms with Crippen molar-refractivity contribution in [2.24, 2.45) is 5.41 Å². The van der Waals surface area contributed by atoms with Crippen molar-refractivity contribution in [3.8, 4) is 5.82 Å². The van der Waals surface area contributed by atoms with Gasteiger partial charge in [-0.25, -0.2) is 14.2 Å². The molecule has 0 atom stereocenters. The van der Waals surface area contributed by atoms with Gasteiger partial charge in [-0.15, -0.1) is 5.10 Å². The number of tetrazole rings is 1. The number of hydrogen-bond donors (Lipinski definition) is 0. The number of rotatable bonds is 5. The van der Waals surface area contributed by atoms with Crippen molar-refractivity contribution in [2.75, 3.05) is 32.8 Å². The Kier molecular flexibility index (Phi) is 5.20. The number of cyclic esters (lactones) is 1. The summed E-state index contributed by atoms with van der Waals surface area (Å²) in [6.45, 7) is 4.94. The molecule has 0 aromatic carbocycles. The molecule has 10 nitrogen and oxygen atoms in total. The molecule has 0 radical (unpaired) electrons. The molecule has 32 heavy (non-hydrogen) atoms. The zero-order valence-corrected chi connectivity index (χ0v) is 17.8. The number of amides is 1. The molecule has 0 bridgehead atoms. The molecular weight excluding hydrogens is 417 g/mol. The largest absolute Gasteiger partial charge is 0.456 e. The molecule has 168 valence electrons. The van der Waals surface area contributed by atoms with E-state index >= 15 is 0 Å². The number of esters is 1. The van der Waals surface area contributed by atoms with Crippen LogP contribution < -0.4 is 0 Å². The van der Waals surface area contributed by atoms with Gasteiger partial charge in [0.05, 0.1) is 16.7 Å². The number of carbonyl (C=O) groups is 2. The number of aromatic nitrogens is 5. The van der Waals surface area contributed by atoms with E-state index in [0.29, 0.717) is 18.5 Å². The van der Waals surface area contributed by atoms with Gasteiger partial charge in [0.1, 0.15) is 12.9 Å². The average molecular weight is 441 g/mol. The molecule has 3 aliphatic heterocycles. The van der Waals surface area contributed by atoms with Crippen LogP contribution in [0.5, 0.6) is 0 Å². The van der Waals surface area contributed by atoms with Crippen molar-refractivity contribution in [3.63, 3.8) is 0 Å². The number of nitrogens with zero attached hydrogens (tertiary/aromatic N) is 7. The summed E-state index contributed by atoms with van der Waals surface area (Å²) in [4.78, 5) is 33.1. The second kappa shape index (κ2) is 8.05. The standard InChI is InChI=1S/C21H24FN7O3/c1-14-17(12-32-19(14)30)28-9-5-21(20(28)31)3-7-27(8-4-21)6-2-15-10-16(22)18(23-11-15)29-13-24-25-26-29/h10-11,13H,2-9,12H2,1H3. The Labute approximate surface area is 184 Å². The average Bonchev–Trinajstić information content (AvgIpc) is 3.51. The van der Waals surface area contributed by atoms with Crippen LogP contribution in [0.15, 0.2) is 29.9 Å². The van der Waals surface area contributed by atoms with E-state index in [4.69, 9.17) is 4.74 Å². The maximum Gasteiger partial charge on any atom is 0.336 e. The quantitative estimate of drug-likeness (QED) is 0.630. The number of hydrogen-bond acceptors (Lipinski definition) is 8. The number of likely N-dealkylation sites (tertiary alicyclic amines) is 2. The van der Waals surface area contributed by atoms with Gasteiger partial charge in [0.2, 0.25) is 5.91 Å². The van der Waals surface area contributed by atoms with Crippen molar-refractivity contribution in [2.45, 2.75) is 32.6 Å². The Hall–Kier alpha value is -3.21. The van der Waals surface area contributed by atoms with Crippen LogP contribution in [0, 0.1) is 11.2 Å². The molecular formula is C21H24FN7O3. The smallest absolute Gasteiger partial charge is 0.336 e. The maximum absolute atomic E-state index is 14.4. The SMILES string of the molecule is CC1=C(N2CCC3(CCN(CCc4cnc(-n5cnnn5)c(F)c4)CC3)C2=O)COC1=O. The lowest BCUT2D eigenvalue weighted by Crippen LogP contribution is -2.45. The summed E-state index contributed by atoms with van der Waals surface area (Å²) in [6, 6.07) is 1.47. The van der Waals surface area contributed by atoms with Gasteiger partial charge in [-0.2, -0.15) is 4.68 Å². The molecule has 2 saturated heterocycles. The van der Waals surface area contributed by atoms with Crippen LogP contribution >= 0.6 is 0 Å². The normalized spacial score (nSPS) is 21.1. The molecule has 5 heterocycles. The summed E-state index contributed by atoms with van der Waals surface area (Å²) >= 11 is 0. The second-order valence-corrected chi connectivity index (χ2v) is 8.63. The Bertz CT molecular complexity index is 1080. The highest BCUT2D eigenvalue weighted by Gasteiger charge is 2.49. The predicted molar refractivity (Wildman–Crippen MR) is 109 cm³/mol. The third-order valence-electron chi connectivity index (χ3n) is 6.89. The van der Waals surface area contributed by atoms with E-state index < -0.39 is 5.82 Å². The zero-order valence-electron chi connectivity index (χ0n) is 17.8. The maximum atomic E-state index is 14.4. The van der Waals surface area contributed by atoms with Crippen LogP contribution in [-0.2, 0) is 20.7 Å². The van der Waals surface area contributed by atoms with Crippen LogP contribution in [-0.4, -0.2) is 79.7 Å². The molecule has 11 heteroatoms. The Morgan fingerprint density at radius 2 is 1.97 bits per heavy atom. The first-order valence-corrected chi connectivity index (χ1v) is 10.8. The lowest BCUT2D eigenvalue weighted by atomic mass is 9.77. The molecule has 0 aliphatic carbocycles. The minimum atomic E-state index is -0.469. The van der Waals surface area contributed by atoms with Gasteiger partial charge < -0.3 is 14.5 Å². The predicted octanol–water partition coefficient (Wildman–Crippen LogP) is 0.884. The minimum absolute atomic E-state index is 0.0719. The first-order chi connectivity index (χ1) is 15.5. The van der Waals surface area contributed by atoms with Crippen molar-refractivity contribution >= 4 is 11.9 Å². The molecule has 1 spiro atoms. The number of piperidine rings is 1. The third-order valence-corrected chi connectivity index (χ3v) is 6.89. The molecule has 3 aliphatic rings. The van der Waals surface area contributed by atoms with Crippen molar-refractivity contribution in [1.29, 1.82) is 0 Å². The van der Waals surface area contributed by atoms with Crippen molar-refractivity contribution < 1.29 is 18.7 Å². The van der Waals surface area contributed by atoms with Gasteiger partial charge in [0.15, 0.2) is 11.6 Å². The van der Waals surface area contributed by atoms with E-state index in [2.05, 4.69) is 25.4 Å². The fourth-order valence-electron chi connectivity index (χ4n) is 4.82. The Morgan fingerprint density at radius 3 is 2.62 bits per heavy atom. The highest BCUT2D eigenvalue weighted by atomic mass is 19.1. The van der Waals surface area contributed by atoms with Crippen LogP contribution in [0.25, 0.3) is 5.82 Å². The van der Waals surface area contributed by atoms with E-state index in [9.17, 15) is 14.0 Å². The van der Waals surface area contributed by atoms with Gasteiger partial charge in [-0.05, 0) is 67.8 Å². The molecule has 2 aromatic rings. The number of ether oxygens (including phenoxy) is 1. The fraction of sp³-hybridized carbons (Fsp3) is 0.524.